The van der Waals surface area contributed by atoms with Gasteiger partial charge >= 0.3 is 5.97 Å². The van der Waals surface area contributed by atoms with Gasteiger partial charge < -0.3 is 9.84 Å². The van der Waals surface area contributed by atoms with Gasteiger partial charge in [0.1, 0.15) is 0 Å². The van der Waals surface area contributed by atoms with Crippen LogP contribution in [-0.4, -0.2) is 31.4 Å². The van der Waals surface area contributed by atoms with E-state index in [-0.39, 0.29) is 0 Å². The molecule has 0 saturated heterocycles. The fraction of sp³-hybridized carbons (Fsp3) is 0.500. The van der Waals surface area contributed by atoms with Crippen molar-refractivity contribution in [2.24, 2.45) is 0 Å². The number of hydrogen-bond donors (Lipinski definition) is 2. The number of hydroxylamine groups is 1. The molecule has 0 aliphatic rings. The van der Waals surface area contributed by atoms with Gasteiger partial charge in [-0.3, -0.25) is 10.3 Å². The van der Waals surface area contributed by atoms with Gasteiger partial charge in [0.15, 0.2) is 0 Å². The molecule has 0 aliphatic heterocycles. The first-order chi connectivity index (χ1) is 5.27. The summed E-state index contributed by atoms with van der Waals surface area (Å²) in [5.41, 5.74) is 2.31. The van der Waals surface area contributed by atoms with Crippen molar-refractivity contribution in [3.8, 4) is 0 Å². The van der Waals surface area contributed by atoms with Crippen molar-refractivity contribution in [2.45, 2.75) is 0 Å². The Morgan fingerprint density at radius 1 is 1.64 bits per heavy atom. The van der Waals surface area contributed by atoms with Crippen molar-refractivity contribution < 1.29 is 19.5 Å². The van der Waals surface area contributed by atoms with Crippen LogP contribution in [0.4, 0.5) is 0 Å². The highest BCUT2D eigenvalue weighted by molar-refractivity contribution is 5.79. The molecule has 5 heteroatoms. The first kappa shape index (κ1) is 9.93. The SMILES string of the molecule is COCCON/C=C/C(=O)O. The monoisotopic (exact) mass is 161 g/mol. The molecule has 0 aromatic heterocycles. The van der Waals surface area contributed by atoms with Crippen LogP contribution in [0.25, 0.3) is 0 Å². The number of aliphatic carboxylic acids is 1. The summed E-state index contributed by atoms with van der Waals surface area (Å²) >= 11 is 0. The molecule has 0 radical (unpaired) electrons. The van der Waals surface area contributed by atoms with Crippen LogP contribution < -0.4 is 5.48 Å². The Hall–Kier alpha value is -1.07. The number of rotatable bonds is 6. The number of methoxy groups -OCH3 is 1. The molecule has 0 heterocycles. The van der Waals surface area contributed by atoms with Crippen LogP contribution in [0.5, 0.6) is 0 Å². The largest absolute Gasteiger partial charge is 0.478 e. The minimum absolute atomic E-state index is 0.375. The van der Waals surface area contributed by atoms with Gasteiger partial charge in [0.05, 0.1) is 13.2 Å². The van der Waals surface area contributed by atoms with Gasteiger partial charge in [-0.1, -0.05) is 0 Å². The van der Waals surface area contributed by atoms with Crippen LogP contribution in [0, 0.1) is 0 Å². The van der Waals surface area contributed by atoms with Crippen molar-refractivity contribution in [3.05, 3.63) is 12.3 Å². The fourth-order valence-corrected chi connectivity index (χ4v) is 0.337. The van der Waals surface area contributed by atoms with Gasteiger partial charge in [0.2, 0.25) is 0 Å². The number of carboxylic acid groups (broad SMARTS) is 1. The topological polar surface area (TPSA) is 67.8 Å². The minimum atomic E-state index is -1.02. The molecule has 64 valence electrons. The van der Waals surface area contributed by atoms with E-state index in [1.54, 1.807) is 7.11 Å². The van der Waals surface area contributed by atoms with Crippen LogP contribution in [0.3, 0.4) is 0 Å². The summed E-state index contributed by atoms with van der Waals surface area (Å²) in [5.74, 6) is -1.02. The highest BCUT2D eigenvalue weighted by Gasteiger charge is 1.84. The molecule has 0 spiro atoms. The smallest absolute Gasteiger partial charge is 0.329 e. The average Bonchev–Trinajstić information content (AvgIpc) is 1.96. The lowest BCUT2D eigenvalue weighted by Gasteiger charge is -1.99. The van der Waals surface area contributed by atoms with E-state index in [1.165, 1.54) is 6.20 Å². The van der Waals surface area contributed by atoms with E-state index in [0.29, 0.717) is 13.2 Å². The summed E-state index contributed by atoms with van der Waals surface area (Å²) < 4.78 is 4.66. The molecule has 0 rings (SSSR count). The Kier molecular flexibility index (Phi) is 6.36. The Bertz CT molecular complexity index is 135. The molecule has 0 aromatic carbocycles. The molecular weight excluding hydrogens is 150 g/mol. The second-order valence-electron chi connectivity index (χ2n) is 1.63. The molecule has 0 aromatic rings. The number of ether oxygens (including phenoxy) is 1. The van der Waals surface area contributed by atoms with Crippen LogP contribution in [0.1, 0.15) is 0 Å². The Balaban J connectivity index is 3.07. The third-order valence-corrected chi connectivity index (χ3v) is 0.767. The Morgan fingerprint density at radius 3 is 2.91 bits per heavy atom. The van der Waals surface area contributed by atoms with E-state index in [0.717, 1.165) is 6.08 Å². The van der Waals surface area contributed by atoms with Crippen LogP contribution in [0.2, 0.25) is 0 Å². The fourth-order valence-electron chi connectivity index (χ4n) is 0.337. The lowest BCUT2D eigenvalue weighted by molar-refractivity contribution is -0.131. The van der Waals surface area contributed by atoms with Gasteiger partial charge in [0, 0.05) is 19.4 Å². The molecule has 0 unspecified atom stereocenters. The zero-order valence-electron chi connectivity index (χ0n) is 6.24. The van der Waals surface area contributed by atoms with E-state index in [2.05, 4.69) is 10.2 Å². The molecular formula is C6H11NO4. The number of carboxylic acids is 1. The number of hydrogen-bond acceptors (Lipinski definition) is 4. The van der Waals surface area contributed by atoms with Gasteiger partial charge in [0.25, 0.3) is 0 Å². The van der Waals surface area contributed by atoms with Gasteiger partial charge in [-0.2, -0.15) is 0 Å². The lowest BCUT2D eigenvalue weighted by atomic mass is 10.6. The van der Waals surface area contributed by atoms with Crippen molar-refractivity contribution in [1.82, 2.24) is 5.48 Å². The third kappa shape index (κ3) is 8.93. The van der Waals surface area contributed by atoms with E-state index in [1.807, 2.05) is 0 Å². The highest BCUT2D eigenvalue weighted by Crippen LogP contribution is 1.71. The summed E-state index contributed by atoms with van der Waals surface area (Å²) in [4.78, 5) is 14.6. The molecule has 0 bridgehead atoms. The van der Waals surface area contributed by atoms with Crippen molar-refractivity contribution in [2.75, 3.05) is 20.3 Å². The van der Waals surface area contributed by atoms with E-state index in [9.17, 15) is 4.79 Å². The summed E-state index contributed by atoms with van der Waals surface area (Å²) in [7, 11) is 1.55. The molecule has 0 atom stereocenters. The predicted molar refractivity (Wildman–Crippen MR) is 37.7 cm³/mol. The molecule has 11 heavy (non-hydrogen) atoms. The normalized spacial score (nSPS) is 10.3. The third-order valence-electron chi connectivity index (χ3n) is 0.767. The quantitative estimate of drug-likeness (QED) is 0.319. The maximum Gasteiger partial charge on any atom is 0.329 e. The minimum Gasteiger partial charge on any atom is -0.478 e. The molecule has 5 nitrogen and oxygen atoms in total. The highest BCUT2D eigenvalue weighted by atomic mass is 16.7. The van der Waals surface area contributed by atoms with Gasteiger partial charge in [-0.15, -0.1) is 0 Å². The molecule has 2 N–H and O–H groups in total. The first-order valence-electron chi connectivity index (χ1n) is 3.03. The van der Waals surface area contributed by atoms with Gasteiger partial charge in [-0.05, 0) is 0 Å². The van der Waals surface area contributed by atoms with Crippen molar-refractivity contribution in [1.29, 1.82) is 0 Å². The number of carbonyl (C=O) groups is 1. The maximum atomic E-state index is 9.88. The molecule has 0 amide bonds. The second-order valence-corrected chi connectivity index (χ2v) is 1.63. The van der Waals surface area contributed by atoms with E-state index < -0.39 is 5.97 Å². The Labute approximate surface area is 64.6 Å². The average molecular weight is 161 g/mol. The van der Waals surface area contributed by atoms with Gasteiger partial charge in [-0.25, -0.2) is 4.79 Å². The van der Waals surface area contributed by atoms with Crippen LogP contribution >= 0.6 is 0 Å². The summed E-state index contributed by atoms with van der Waals surface area (Å²) in [6.07, 6.45) is 2.13. The zero-order valence-corrected chi connectivity index (χ0v) is 6.24. The zero-order chi connectivity index (χ0) is 8.53. The van der Waals surface area contributed by atoms with E-state index >= 15 is 0 Å². The lowest BCUT2D eigenvalue weighted by Crippen LogP contribution is -2.11. The molecule has 0 fully saturated rings. The molecule has 0 aliphatic carbocycles. The second kappa shape index (κ2) is 7.04. The van der Waals surface area contributed by atoms with Crippen LogP contribution in [0.15, 0.2) is 12.3 Å². The van der Waals surface area contributed by atoms with Crippen LogP contribution in [-0.2, 0) is 14.4 Å². The van der Waals surface area contributed by atoms with E-state index in [4.69, 9.17) is 9.94 Å². The van der Waals surface area contributed by atoms with Crippen molar-refractivity contribution >= 4 is 5.97 Å². The Morgan fingerprint density at radius 2 is 2.36 bits per heavy atom. The summed E-state index contributed by atoms with van der Waals surface area (Å²) in [6.45, 7) is 0.842. The number of nitrogens with one attached hydrogen (secondary N) is 1. The molecule has 0 saturated carbocycles. The summed E-state index contributed by atoms with van der Waals surface area (Å²) in [6, 6.07) is 0. The maximum absolute atomic E-state index is 9.88. The van der Waals surface area contributed by atoms with Crippen molar-refractivity contribution in [3.63, 3.8) is 0 Å². The predicted octanol–water partition coefficient (Wildman–Crippen LogP) is -0.248. The standard InChI is InChI=1S/C6H11NO4/c1-10-4-5-11-7-3-2-6(8)9/h2-3,7H,4-5H2,1H3,(H,8,9)/b3-2+. The first-order valence-corrected chi connectivity index (χ1v) is 3.03. The summed E-state index contributed by atoms with van der Waals surface area (Å²) in [5, 5.41) is 8.11.